The molecule has 1 saturated heterocycles. The molecule has 1 fully saturated rings. The predicted octanol–water partition coefficient (Wildman–Crippen LogP) is 4.43. The second kappa shape index (κ2) is 7.85. The topological polar surface area (TPSA) is 32.3 Å². The lowest BCUT2D eigenvalue weighted by molar-refractivity contribution is -0.109. The van der Waals surface area contributed by atoms with Crippen molar-refractivity contribution in [2.24, 2.45) is 0 Å². The van der Waals surface area contributed by atoms with Gasteiger partial charge in [0.25, 0.3) is 5.92 Å². The number of carbonyl (C=O) groups excluding carboxylic acids is 1. The molecule has 0 unspecified atom stereocenters. The minimum Gasteiger partial charge on any atom is -0.371 e. The number of anilines is 1. The smallest absolute Gasteiger partial charge is 0.270 e. The van der Waals surface area contributed by atoms with Crippen molar-refractivity contribution in [3.63, 3.8) is 0 Å². The van der Waals surface area contributed by atoms with E-state index in [1.54, 1.807) is 12.1 Å². The van der Waals surface area contributed by atoms with Crippen LogP contribution in [0.1, 0.15) is 42.4 Å². The molecule has 1 amide bonds. The highest BCUT2D eigenvalue weighted by Crippen LogP contribution is 2.33. The molecule has 0 atom stereocenters. The second-order valence-corrected chi connectivity index (χ2v) is 6.94. The summed E-state index contributed by atoms with van der Waals surface area (Å²) in [6.45, 7) is 3.37. The fraction of sp³-hybridized carbons (Fsp3) is 0.381. The van der Waals surface area contributed by atoms with E-state index in [-0.39, 0.29) is 5.56 Å². The summed E-state index contributed by atoms with van der Waals surface area (Å²) in [5, 5.41) is 2.66. The molecule has 0 aromatic heterocycles. The van der Waals surface area contributed by atoms with Gasteiger partial charge in [-0.3, -0.25) is 4.79 Å². The van der Waals surface area contributed by atoms with Crippen molar-refractivity contribution in [3.8, 4) is 0 Å². The normalized spacial score (nSPS) is 15.7. The van der Waals surface area contributed by atoms with E-state index in [1.165, 1.54) is 5.69 Å². The van der Waals surface area contributed by atoms with Crippen LogP contribution in [0, 0.1) is 0 Å². The van der Waals surface area contributed by atoms with Gasteiger partial charge in [0.2, 0.25) is 6.41 Å². The molecule has 1 N–H and O–H groups in total. The van der Waals surface area contributed by atoms with E-state index in [9.17, 15) is 13.6 Å². The maximum absolute atomic E-state index is 13.3. The van der Waals surface area contributed by atoms with Gasteiger partial charge in [0, 0.05) is 37.8 Å². The van der Waals surface area contributed by atoms with Gasteiger partial charge in [0.1, 0.15) is 0 Å². The molecular weight excluding hydrogens is 334 g/mol. The molecule has 1 heterocycles. The van der Waals surface area contributed by atoms with Crippen LogP contribution in [-0.2, 0) is 17.3 Å². The molecule has 2 aromatic carbocycles. The van der Waals surface area contributed by atoms with Crippen LogP contribution in [-0.4, -0.2) is 19.5 Å². The number of nitrogens with zero attached hydrogens (tertiary/aromatic N) is 1. The van der Waals surface area contributed by atoms with Crippen LogP contribution in [0.3, 0.4) is 0 Å². The molecule has 2 aromatic rings. The molecular formula is C21H24F2N2O. The third kappa shape index (κ3) is 4.40. The molecule has 1 aliphatic heterocycles. The number of piperidine rings is 1. The summed E-state index contributed by atoms with van der Waals surface area (Å²) >= 11 is 0. The molecule has 0 aliphatic carbocycles. The first-order valence-corrected chi connectivity index (χ1v) is 8.96. The summed E-state index contributed by atoms with van der Waals surface area (Å²) in [6, 6.07) is 15.0. The summed E-state index contributed by atoms with van der Waals surface area (Å²) in [6.07, 6.45) is 2.72. The van der Waals surface area contributed by atoms with Gasteiger partial charge in [-0.15, -0.1) is 0 Å². The molecule has 3 nitrogen and oxygen atoms in total. The number of amides is 1. The van der Waals surface area contributed by atoms with E-state index in [2.05, 4.69) is 22.3 Å². The highest BCUT2D eigenvalue weighted by Gasteiger charge is 2.25. The van der Waals surface area contributed by atoms with Gasteiger partial charge in [-0.1, -0.05) is 36.4 Å². The molecule has 0 radical (unpaired) electrons. The minimum absolute atomic E-state index is 0.0721. The van der Waals surface area contributed by atoms with Gasteiger partial charge in [0.15, 0.2) is 0 Å². The monoisotopic (exact) mass is 358 g/mol. The highest BCUT2D eigenvalue weighted by atomic mass is 19.3. The number of alkyl halides is 2. The molecule has 0 bridgehead atoms. The van der Waals surface area contributed by atoms with Crippen LogP contribution >= 0.6 is 0 Å². The summed E-state index contributed by atoms with van der Waals surface area (Å²) in [5.41, 5.74) is 3.47. The number of rotatable bonds is 6. The van der Waals surface area contributed by atoms with Crippen molar-refractivity contribution in [1.29, 1.82) is 0 Å². The van der Waals surface area contributed by atoms with Crippen LogP contribution < -0.4 is 10.2 Å². The maximum Gasteiger partial charge on any atom is 0.270 e. The Morgan fingerprint density at radius 1 is 1.08 bits per heavy atom. The number of hydrogen-bond donors (Lipinski definition) is 1. The Balaban J connectivity index is 1.58. The van der Waals surface area contributed by atoms with Gasteiger partial charge >= 0.3 is 0 Å². The summed E-state index contributed by atoms with van der Waals surface area (Å²) in [4.78, 5) is 12.7. The Morgan fingerprint density at radius 2 is 1.69 bits per heavy atom. The fourth-order valence-corrected chi connectivity index (χ4v) is 3.50. The van der Waals surface area contributed by atoms with Gasteiger partial charge < -0.3 is 10.2 Å². The SMILES string of the molecule is CC(F)(F)c1ccc(C2CCN(c3ccc(CNC=O)cc3)CC2)cc1. The van der Waals surface area contributed by atoms with Gasteiger partial charge in [0.05, 0.1) is 0 Å². The second-order valence-electron chi connectivity index (χ2n) is 6.94. The number of nitrogens with one attached hydrogen (secondary N) is 1. The van der Waals surface area contributed by atoms with Crippen molar-refractivity contribution in [2.45, 2.75) is 38.2 Å². The van der Waals surface area contributed by atoms with E-state index in [1.807, 2.05) is 24.3 Å². The summed E-state index contributed by atoms with van der Waals surface area (Å²) < 4.78 is 26.7. The van der Waals surface area contributed by atoms with Crippen molar-refractivity contribution in [2.75, 3.05) is 18.0 Å². The van der Waals surface area contributed by atoms with Crippen molar-refractivity contribution in [1.82, 2.24) is 5.32 Å². The van der Waals surface area contributed by atoms with E-state index >= 15 is 0 Å². The third-order valence-electron chi connectivity index (χ3n) is 5.07. The molecule has 138 valence electrons. The molecule has 0 spiro atoms. The Morgan fingerprint density at radius 3 is 2.23 bits per heavy atom. The van der Waals surface area contributed by atoms with Crippen LogP contribution in [0.4, 0.5) is 14.5 Å². The maximum atomic E-state index is 13.3. The number of hydrogen-bond acceptors (Lipinski definition) is 2. The molecule has 3 rings (SSSR count). The quantitative estimate of drug-likeness (QED) is 0.775. The van der Waals surface area contributed by atoms with Crippen LogP contribution in [0.5, 0.6) is 0 Å². The summed E-state index contributed by atoms with van der Waals surface area (Å²) in [7, 11) is 0. The number of benzene rings is 2. The Kier molecular flexibility index (Phi) is 5.55. The van der Waals surface area contributed by atoms with E-state index < -0.39 is 5.92 Å². The largest absolute Gasteiger partial charge is 0.371 e. The van der Waals surface area contributed by atoms with E-state index in [0.717, 1.165) is 44.0 Å². The van der Waals surface area contributed by atoms with E-state index in [0.29, 0.717) is 18.9 Å². The Hall–Kier alpha value is -2.43. The predicted molar refractivity (Wildman–Crippen MR) is 99.5 cm³/mol. The lowest BCUT2D eigenvalue weighted by Crippen LogP contribution is -2.32. The zero-order valence-electron chi connectivity index (χ0n) is 14.9. The van der Waals surface area contributed by atoms with Crippen molar-refractivity contribution < 1.29 is 13.6 Å². The van der Waals surface area contributed by atoms with Gasteiger partial charge in [-0.2, -0.15) is 0 Å². The third-order valence-corrected chi connectivity index (χ3v) is 5.07. The molecule has 1 aliphatic rings. The zero-order chi connectivity index (χ0) is 18.6. The molecule has 26 heavy (non-hydrogen) atoms. The van der Waals surface area contributed by atoms with Crippen LogP contribution in [0.15, 0.2) is 48.5 Å². The zero-order valence-corrected chi connectivity index (χ0v) is 14.9. The molecule has 5 heteroatoms. The van der Waals surface area contributed by atoms with Gasteiger partial charge in [-0.05, 0) is 42.0 Å². The Labute approximate surface area is 153 Å². The standard InChI is InChI=1S/C21H24F2N2O/c1-21(22,23)19-6-4-17(5-7-19)18-10-12-25(13-11-18)20-8-2-16(3-9-20)14-24-15-26/h2-9,15,18H,10-14H2,1H3,(H,24,26). The lowest BCUT2D eigenvalue weighted by Gasteiger charge is -2.34. The highest BCUT2D eigenvalue weighted by molar-refractivity contribution is 5.50. The van der Waals surface area contributed by atoms with E-state index in [4.69, 9.17) is 0 Å². The fourth-order valence-electron chi connectivity index (χ4n) is 3.50. The minimum atomic E-state index is -2.78. The van der Waals surface area contributed by atoms with Crippen LogP contribution in [0.25, 0.3) is 0 Å². The first-order chi connectivity index (χ1) is 12.5. The number of carbonyl (C=O) groups is 1. The average molecular weight is 358 g/mol. The number of halogens is 2. The van der Waals surface area contributed by atoms with Gasteiger partial charge in [-0.25, -0.2) is 8.78 Å². The summed E-state index contributed by atoms with van der Waals surface area (Å²) in [5.74, 6) is -2.36. The first-order valence-electron chi connectivity index (χ1n) is 8.96. The van der Waals surface area contributed by atoms with Crippen LogP contribution in [0.2, 0.25) is 0 Å². The van der Waals surface area contributed by atoms with Crippen molar-refractivity contribution in [3.05, 3.63) is 65.2 Å². The average Bonchev–Trinajstić information content (AvgIpc) is 2.66. The molecule has 0 saturated carbocycles. The van der Waals surface area contributed by atoms with Crippen molar-refractivity contribution >= 4 is 12.1 Å². The lowest BCUT2D eigenvalue weighted by atomic mass is 9.88. The Bertz CT molecular complexity index is 715. The first kappa shape index (κ1) is 18.4.